The van der Waals surface area contributed by atoms with E-state index in [0.717, 1.165) is 46.2 Å². The Morgan fingerprint density at radius 3 is 2.64 bits per heavy atom. The number of thioether (sulfide) groups is 1. The fourth-order valence-electron chi connectivity index (χ4n) is 3.87. The number of nitrogens with zero attached hydrogens (tertiary/aromatic N) is 2. The molecule has 0 atom stereocenters. The quantitative estimate of drug-likeness (QED) is 0.352. The number of aryl methyl sites for hydroxylation is 5. The molecular weight excluding hydrogens is 388 g/mol. The highest BCUT2D eigenvalue weighted by molar-refractivity contribution is 7.99. The minimum absolute atomic E-state index is 0.0155. The van der Waals surface area contributed by atoms with Crippen molar-refractivity contribution in [2.75, 3.05) is 5.75 Å². The first-order valence-electron chi connectivity index (χ1n) is 9.62. The van der Waals surface area contributed by atoms with Crippen molar-refractivity contribution in [1.82, 2.24) is 9.55 Å². The van der Waals surface area contributed by atoms with Gasteiger partial charge < -0.3 is 0 Å². The number of ketones is 1. The van der Waals surface area contributed by atoms with Gasteiger partial charge in [0.1, 0.15) is 4.83 Å². The zero-order valence-electron chi connectivity index (χ0n) is 16.7. The molecule has 3 aromatic rings. The van der Waals surface area contributed by atoms with Crippen LogP contribution in [0.3, 0.4) is 0 Å². The average molecular weight is 413 g/mol. The molecule has 6 heteroatoms. The van der Waals surface area contributed by atoms with Crippen LogP contribution in [-0.4, -0.2) is 21.1 Å². The van der Waals surface area contributed by atoms with E-state index in [9.17, 15) is 9.59 Å². The van der Waals surface area contributed by atoms with E-state index in [-0.39, 0.29) is 17.1 Å². The molecule has 0 bridgehead atoms. The van der Waals surface area contributed by atoms with Crippen molar-refractivity contribution in [2.24, 2.45) is 7.05 Å². The van der Waals surface area contributed by atoms with Crippen LogP contribution in [0.15, 0.2) is 22.1 Å². The summed E-state index contributed by atoms with van der Waals surface area (Å²) in [6, 6.07) is 4.03. The summed E-state index contributed by atoms with van der Waals surface area (Å²) in [5, 5.41) is 1.41. The monoisotopic (exact) mass is 412 g/mol. The summed E-state index contributed by atoms with van der Waals surface area (Å²) >= 11 is 3.00. The van der Waals surface area contributed by atoms with Crippen LogP contribution in [0.4, 0.5) is 0 Å². The van der Waals surface area contributed by atoms with Crippen molar-refractivity contribution in [1.29, 1.82) is 0 Å². The minimum atomic E-state index is 0.0155. The Labute approximate surface area is 173 Å². The van der Waals surface area contributed by atoms with Crippen LogP contribution in [0.2, 0.25) is 0 Å². The van der Waals surface area contributed by atoms with Gasteiger partial charge in [-0.1, -0.05) is 17.8 Å². The van der Waals surface area contributed by atoms with E-state index in [0.29, 0.717) is 5.16 Å². The first kappa shape index (κ1) is 19.4. The number of carbonyl (C=O) groups excluding carboxylic acids is 1. The summed E-state index contributed by atoms with van der Waals surface area (Å²) < 4.78 is 1.61. The molecule has 1 aliphatic carbocycles. The molecule has 0 fully saturated rings. The molecule has 28 heavy (non-hydrogen) atoms. The molecule has 2 aromatic heterocycles. The van der Waals surface area contributed by atoms with E-state index in [2.05, 4.69) is 13.0 Å². The van der Waals surface area contributed by atoms with Crippen LogP contribution in [0.1, 0.15) is 50.3 Å². The summed E-state index contributed by atoms with van der Waals surface area (Å²) in [6.07, 6.45) is 4.35. The fraction of sp³-hybridized carbons (Fsp3) is 0.409. The molecule has 0 amide bonds. The third-order valence-corrected chi connectivity index (χ3v) is 7.84. The Morgan fingerprint density at radius 1 is 1.14 bits per heavy atom. The SMILES string of the molecule is Cc1cc(C)c(C(=O)CSc2nc3sc4c(c3c(=O)n2C)CCCC4)cc1C. The second-order valence-corrected chi connectivity index (χ2v) is 9.64. The Morgan fingerprint density at radius 2 is 1.86 bits per heavy atom. The molecule has 0 spiro atoms. The lowest BCUT2D eigenvalue weighted by Gasteiger charge is -2.11. The zero-order chi connectivity index (χ0) is 20.0. The third kappa shape index (κ3) is 3.33. The zero-order valence-corrected chi connectivity index (χ0v) is 18.4. The maximum atomic E-state index is 13.0. The molecule has 0 aliphatic heterocycles. The molecule has 4 rings (SSSR count). The number of rotatable bonds is 4. The molecule has 0 saturated carbocycles. The molecule has 0 unspecified atom stereocenters. The first-order valence-corrected chi connectivity index (χ1v) is 11.4. The summed E-state index contributed by atoms with van der Waals surface area (Å²) in [6.45, 7) is 6.05. The van der Waals surface area contributed by atoms with Crippen molar-refractivity contribution in [3.63, 3.8) is 0 Å². The van der Waals surface area contributed by atoms with Crippen molar-refractivity contribution in [2.45, 2.75) is 51.6 Å². The smallest absolute Gasteiger partial charge is 0.262 e. The average Bonchev–Trinajstić information content (AvgIpc) is 3.04. The van der Waals surface area contributed by atoms with Gasteiger partial charge in [0.05, 0.1) is 11.1 Å². The third-order valence-electron chi connectivity index (χ3n) is 5.63. The van der Waals surface area contributed by atoms with Crippen molar-refractivity contribution in [3.8, 4) is 0 Å². The lowest BCUT2D eigenvalue weighted by Crippen LogP contribution is -2.21. The number of carbonyl (C=O) groups is 1. The number of benzene rings is 1. The van der Waals surface area contributed by atoms with Crippen molar-refractivity contribution < 1.29 is 4.79 Å². The van der Waals surface area contributed by atoms with Crippen LogP contribution >= 0.6 is 23.1 Å². The second kappa shape index (κ2) is 7.48. The molecule has 0 radical (unpaired) electrons. The molecule has 0 saturated heterocycles. The standard InChI is InChI=1S/C22H24N2O2S2/c1-12-9-14(3)16(10-13(12)2)17(25)11-27-22-23-20-19(21(26)24(22)4)15-7-5-6-8-18(15)28-20/h9-10H,5-8,11H2,1-4H3. The Balaban J connectivity index is 1.64. The summed E-state index contributed by atoms with van der Waals surface area (Å²) in [5.74, 6) is 0.352. The maximum absolute atomic E-state index is 13.0. The highest BCUT2D eigenvalue weighted by Gasteiger charge is 2.22. The van der Waals surface area contributed by atoms with Gasteiger partial charge in [-0.05, 0) is 74.8 Å². The van der Waals surface area contributed by atoms with E-state index < -0.39 is 0 Å². The van der Waals surface area contributed by atoms with E-state index in [1.807, 2.05) is 19.9 Å². The van der Waals surface area contributed by atoms with Gasteiger partial charge in [-0.15, -0.1) is 11.3 Å². The minimum Gasteiger partial charge on any atom is -0.293 e. The highest BCUT2D eigenvalue weighted by Crippen LogP contribution is 2.34. The molecule has 1 aliphatic rings. The fourth-order valence-corrected chi connectivity index (χ4v) is 6.02. The molecule has 1 aromatic carbocycles. The predicted molar refractivity (Wildman–Crippen MR) is 117 cm³/mol. The summed E-state index contributed by atoms with van der Waals surface area (Å²) in [4.78, 5) is 32.6. The largest absolute Gasteiger partial charge is 0.293 e. The normalized spacial score (nSPS) is 13.7. The van der Waals surface area contributed by atoms with Crippen LogP contribution in [0.25, 0.3) is 10.2 Å². The van der Waals surface area contributed by atoms with Crippen LogP contribution in [0, 0.1) is 20.8 Å². The summed E-state index contributed by atoms with van der Waals surface area (Å²) in [5.41, 5.74) is 5.29. The van der Waals surface area contributed by atoms with E-state index >= 15 is 0 Å². The van der Waals surface area contributed by atoms with Crippen LogP contribution in [0.5, 0.6) is 0 Å². The van der Waals surface area contributed by atoms with E-state index in [1.165, 1.54) is 34.2 Å². The van der Waals surface area contributed by atoms with Crippen LogP contribution in [-0.2, 0) is 19.9 Å². The number of aromatic nitrogens is 2. The van der Waals surface area contributed by atoms with Gasteiger partial charge in [-0.2, -0.15) is 0 Å². The maximum Gasteiger partial charge on any atom is 0.262 e. The van der Waals surface area contributed by atoms with Gasteiger partial charge >= 0.3 is 0 Å². The number of hydrogen-bond donors (Lipinski definition) is 0. The molecule has 4 nitrogen and oxygen atoms in total. The van der Waals surface area contributed by atoms with Gasteiger partial charge in [0.2, 0.25) is 0 Å². The van der Waals surface area contributed by atoms with E-state index in [4.69, 9.17) is 4.98 Å². The molecule has 2 heterocycles. The van der Waals surface area contributed by atoms with Gasteiger partial charge in [-0.3, -0.25) is 14.2 Å². The van der Waals surface area contributed by atoms with E-state index in [1.54, 1.807) is 23.0 Å². The van der Waals surface area contributed by atoms with Gasteiger partial charge in [0.15, 0.2) is 10.9 Å². The first-order chi connectivity index (χ1) is 13.4. The van der Waals surface area contributed by atoms with Gasteiger partial charge in [0.25, 0.3) is 5.56 Å². The van der Waals surface area contributed by atoms with Crippen molar-refractivity contribution in [3.05, 3.63) is 55.2 Å². The van der Waals surface area contributed by atoms with Crippen LogP contribution < -0.4 is 5.56 Å². The topological polar surface area (TPSA) is 52.0 Å². The molecular formula is C22H24N2O2S2. The van der Waals surface area contributed by atoms with Crippen molar-refractivity contribution >= 4 is 39.1 Å². The second-order valence-electron chi connectivity index (χ2n) is 7.61. The number of fused-ring (bicyclic) bond motifs is 3. The summed E-state index contributed by atoms with van der Waals surface area (Å²) in [7, 11) is 1.76. The highest BCUT2D eigenvalue weighted by atomic mass is 32.2. The Bertz CT molecular complexity index is 1160. The number of thiophene rings is 1. The Hall–Kier alpha value is -1.92. The lowest BCUT2D eigenvalue weighted by atomic mass is 9.97. The lowest BCUT2D eigenvalue weighted by molar-refractivity contribution is 0.102. The number of hydrogen-bond acceptors (Lipinski definition) is 5. The molecule has 0 N–H and O–H groups in total. The Kier molecular flexibility index (Phi) is 5.19. The van der Waals surface area contributed by atoms with Gasteiger partial charge in [-0.25, -0.2) is 4.98 Å². The predicted octanol–water partition coefficient (Wildman–Crippen LogP) is 4.77. The van der Waals surface area contributed by atoms with Gasteiger partial charge in [0, 0.05) is 17.5 Å². The molecule has 146 valence electrons. The number of Topliss-reactive ketones (excluding diaryl/α,β-unsaturated/α-hetero) is 1.